The van der Waals surface area contributed by atoms with E-state index in [9.17, 15) is 5.11 Å². The minimum absolute atomic E-state index is 0.501. The van der Waals surface area contributed by atoms with Gasteiger partial charge in [-0.2, -0.15) is 4.37 Å². The highest BCUT2D eigenvalue weighted by molar-refractivity contribution is 7.11. The third kappa shape index (κ3) is 2.65. The van der Waals surface area contributed by atoms with Crippen molar-refractivity contribution in [2.75, 3.05) is 17.6 Å². The monoisotopic (exact) mass is 310 g/mol. The van der Waals surface area contributed by atoms with Gasteiger partial charge in [0.05, 0.1) is 21.9 Å². The molecule has 0 bridgehead atoms. The lowest BCUT2D eigenvalue weighted by Gasteiger charge is -2.22. The summed E-state index contributed by atoms with van der Waals surface area (Å²) in [5.74, 6) is 0.501. The minimum atomic E-state index is -0.589. The van der Waals surface area contributed by atoms with E-state index in [4.69, 9.17) is 5.73 Å². The van der Waals surface area contributed by atoms with Gasteiger partial charge in [0.1, 0.15) is 10.8 Å². The van der Waals surface area contributed by atoms with Crippen molar-refractivity contribution >= 4 is 33.7 Å². The lowest BCUT2D eigenvalue weighted by Crippen LogP contribution is -2.33. The van der Waals surface area contributed by atoms with E-state index in [0.29, 0.717) is 12.4 Å². The zero-order valence-electron chi connectivity index (χ0n) is 11.3. The van der Waals surface area contributed by atoms with Crippen molar-refractivity contribution in [1.29, 1.82) is 0 Å². The molecule has 20 heavy (non-hydrogen) atoms. The number of rotatable bonds is 4. The van der Waals surface area contributed by atoms with Crippen molar-refractivity contribution in [2.24, 2.45) is 0 Å². The van der Waals surface area contributed by atoms with Gasteiger partial charge in [-0.1, -0.05) is 12.8 Å². The Morgan fingerprint density at radius 3 is 2.85 bits per heavy atom. The van der Waals surface area contributed by atoms with Gasteiger partial charge in [-0.05, 0) is 31.3 Å². The van der Waals surface area contributed by atoms with E-state index < -0.39 is 5.60 Å². The summed E-state index contributed by atoms with van der Waals surface area (Å²) in [6.07, 6.45) is 3.92. The molecule has 2 heterocycles. The van der Waals surface area contributed by atoms with Gasteiger partial charge in [0, 0.05) is 11.9 Å². The van der Waals surface area contributed by atoms with Gasteiger partial charge in [0.15, 0.2) is 0 Å². The summed E-state index contributed by atoms with van der Waals surface area (Å²) in [5.41, 5.74) is 7.09. The third-order valence-corrected chi connectivity index (χ3v) is 5.30. The first-order valence-corrected chi connectivity index (χ1v) is 8.37. The third-order valence-electron chi connectivity index (χ3n) is 3.71. The fourth-order valence-corrected chi connectivity index (χ4v) is 3.93. The fourth-order valence-electron chi connectivity index (χ4n) is 2.60. The molecule has 0 radical (unpaired) electrons. The van der Waals surface area contributed by atoms with Crippen molar-refractivity contribution in [3.8, 4) is 11.3 Å². The van der Waals surface area contributed by atoms with E-state index in [0.717, 1.165) is 46.9 Å². The molecule has 0 aromatic carbocycles. The number of nitrogen functional groups attached to an aromatic ring is 1. The van der Waals surface area contributed by atoms with Crippen molar-refractivity contribution in [2.45, 2.75) is 38.2 Å². The smallest absolute Gasteiger partial charge is 0.148 e. The van der Waals surface area contributed by atoms with Gasteiger partial charge in [0.25, 0.3) is 0 Å². The van der Waals surface area contributed by atoms with Crippen LogP contribution in [0.15, 0.2) is 5.38 Å². The standard InChI is InChI=1S/C13H18N4OS2/c1-8-16-9(6-19-8)10-11(14)17-20-12(10)15-7-13(18)4-2-3-5-13/h6,15,18H,2-5,7H2,1H3,(H2,14,17). The van der Waals surface area contributed by atoms with E-state index >= 15 is 0 Å². The quantitative estimate of drug-likeness (QED) is 0.808. The number of aliphatic hydroxyl groups is 1. The number of aromatic nitrogens is 2. The molecule has 0 saturated heterocycles. The van der Waals surface area contributed by atoms with Crippen molar-refractivity contribution in [3.63, 3.8) is 0 Å². The molecule has 5 nitrogen and oxygen atoms in total. The molecule has 1 aliphatic rings. The first-order valence-electron chi connectivity index (χ1n) is 6.71. The molecule has 3 rings (SSSR count). The second-order valence-corrected chi connectivity index (χ2v) is 7.14. The Morgan fingerprint density at radius 1 is 1.45 bits per heavy atom. The van der Waals surface area contributed by atoms with Gasteiger partial charge in [-0.3, -0.25) is 0 Å². The lowest BCUT2D eigenvalue weighted by atomic mass is 10.0. The molecule has 0 aliphatic heterocycles. The largest absolute Gasteiger partial charge is 0.388 e. The number of aryl methyl sites for hydroxylation is 1. The van der Waals surface area contributed by atoms with Crippen molar-refractivity contribution < 1.29 is 5.11 Å². The summed E-state index contributed by atoms with van der Waals surface area (Å²) in [7, 11) is 0. The highest BCUT2D eigenvalue weighted by atomic mass is 32.1. The molecule has 1 saturated carbocycles. The number of nitrogens with two attached hydrogens (primary N) is 1. The second-order valence-electron chi connectivity index (χ2n) is 5.31. The van der Waals surface area contributed by atoms with Crippen molar-refractivity contribution in [3.05, 3.63) is 10.4 Å². The van der Waals surface area contributed by atoms with Crippen LogP contribution in [0.3, 0.4) is 0 Å². The van der Waals surface area contributed by atoms with Crippen LogP contribution in [0.2, 0.25) is 0 Å². The molecule has 1 fully saturated rings. The average molecular weight is 310 g/mol. The Bertz CT molecular complexity index is 601. The van der Waals surface area contributed by atoms with Gasteiger partial charge in [-0.15, -0.1) is 11.3 Å². The van der Waals surface area contributed by atoms with Gasteiger partial charge >= 0.3 is 0 Å². The Labute approximate surface area is 126 Å². The molecule has 0 atom stereocenters. The summed E-state index contributed by atoms with van der Waals surface area (Å²) < 4.78 is 4.21. The topological polar surface area (TPSA) is 84.1 Å². The van der Waals surface area contributed by atoms with Crippen molar-refractivity contribution in [1.82, 2.24) is 9.36 Å². The number of hydrogen-bond donors (Lipinski definition) is 3. The van der Waals surface area contributed by atoms with Crippen LogP contribution >= 0.6 is 22.9 Å². The second kappa shape index (κ2) is 5.31. The molecule has 0 amide bonds. The molecule has 1 aliphatic carbocycles. The zero-order chi connectivity index (χ0) is 14.2. The summed E-state index contributed by atoms with van der Waals surface area (Å²) in [6.45, 7) is 2.52. The average Bonchev–Trinajstić information content (AvgIpc) is 3.09. The van der Waals surface area contributed by atoms with E-state index in [2.05, 4.69) is 14.7 Å². The number of anilines is 2. The molecule has 0 spiro atoms. The SMILES string of the molecule is Cc1nc(-c2c(N)nsc2NCC2(O)CCCC2)cs1. The first-order chi connectivity index (χ1) is 9.57. The Hall–Kier alpha value is -1.18. The minimum Gasteiger partial charge on any atom is -0.388 e. The van der Waals surface area contributed by atoms with Crippen LogP contribution < -0.4 is 11.1 Å². The highest BCUT2D eigenvalue weighted by Gasteiger charge is 2.31. The zero-order valence-corrected chi connectivity index (χ0v) is 13.0. The Kier molecular flexibility index (Phi) is 3.66. The maximum absolute atomic E-state index is 10.4. The van der Waals surface area contributed by atoms with Crippen LogP contribution in [0, 0.1) is 6.92 Å². The number of hydrogen-bond acceptors (Lipinski definition) is 7. The Balaban J connectivity index is 1.80. The summed E-state index contributed by atoms with van der Waals surface area (Å²) in [4.78, 5) is 4.47. The number of nitrogens with zero attached hydrogens (tertiary/aromatic N) is 2. The lowest BCUT2D eigenvalue weighted by molar-refractivity contribution is 0.0615. The highest BCUT2D eigenvalue weighted by Crippen LogP contribution is 2.38. The van der Waals surface area contributed by atoms with Crippen LogP contribution in [0.25, 0.3) is 11.3 Å². The van der Waals surface area contributed by atoms with E-state index in [-0.39, 0.29) is 0 Å². The summed E-state index contributed by atoms with van der Waals surface area (Å²) in [5, 5.41) is 17.6. The van der Waals surface area contributed by atoms with Gasteiger partial charge in [0.2, 0.25) is 0 Å². The first kappa shape index (κ1) is 13.8. The van der Waals surface area contributed by atoms with Crippen LogP contribution in [-0.4, -0.2) is 26.6 Å². The fraction of sp³-hybridized carbons (Fsp3) is 0.538. The predicted molar refractivity (Wildman–Crippen MR) is 84.3 cm³/mol. The maximum atomic E-state index is 10.4. The molecule has 0 unspecified atom stereocenters. The normalized spacial score (nSPS) is 17.5. The van der Waals surface area contributed by atoms with Gasteiger partial charge < -0.3 is 16.2 Å². The van der Waals surface area contributed by atoms with Crippen LogP contribution in [-0.2, 0) is 0 Å². The van der Waals surface area contributed by atoms with E-state index in [1.165, 1.54) is 11.5 Å². The number of thiazole rings is 1. The maximum Gasteiger partial charge on any atom is 0.148 e. The van der Waals surface area contributed by atoms with Gasteiger partial charge in [-0.25, -0.2) is 4.98 Å². The molecule has 2 aromatic rings. The predicted octanol–water partition coefficient (Wildman–Crippen LogP) is 2.87. The molecule has 4 N–H and O–H groups in total. The van der Waals surface area contributed by atoms with E-state index in [1.807, 2.05) is 12.3 Å². The molecule has 108 valence electrons. The number of nitrogens with one attached hydrogen (secondary N) is 1. The van der Waals surface area contributed by atoms with Crippen LogP contribution in [0.4, 0.5) is 10.8 Å². The van der Waals surface area contributed by atoms with Crippen LogP contribution in [0.5, 0.6) is 0 Å². The summed E-state index contributed by atoms with van der Waals surface area (Å²) >= 11 is 2.93. The molecule has 7 heteroatoms. The van der Waals surface area contributed by atoms with E-state index in [1.54, 1.807) is 11.3 Å². The molecular weight excluding hydrogens is 292 g/mol. The molecule has 2 aromatic heterocycles. The Morgan fingerprint density at radius 2 is 2.20 bits per heavy atom. The molecular formula is C13H18N4OS2. The summed E-state index contributed by atoms with van der Waals surface area (Å²) in [6, 6.07) is 0. The van der Waals surface area contributed by atoms with Crippen LogP contribution in [0.1, 0.15) is 30.7 Å².